The first-order chi connectivity index (χ1) is 7.63. The number of aromatic nitrogens is 2. The van der Waals surface area contributed by atoms with E-state index in [-0.39, 0.29) is 5.28 Å². The number of carbonyl (C=O) groups excluding carboxylic acids is 1. The van der Waals surface area contributed by atoms with E-state index < -0.39 is 0 Å². The zero-order chi connectivity index (χ0) is 12.0. The van der Waals surface area contributed by atoms with Crippen LogP contribution in [0.3, 0.4) is 0 Å². The maximum Gasteiger partial charge on any atom is 0.223 e. The molecule has 4 nitrogen and oxygen atoms in total. The zero-order valence-electron chi connectivity index (χ0n) is 8.29. The molecule has 1 saturated heterocycles. The molecule has 0 saturated carbocycles. The Hall–Kier alpha value is -0.230. The number of hydrogen-bond donors (Lipinski definition) is 1. The highest BCUT2D eigenvalue weighted by molar-refractivity contribution is 9.10. The molecular weight excluding hydrogens is 317 g/mol. The summed E-state index contributed by atoms with van der Waals surface area (Å²) in [7, 11) is 0. The summed E-state index contributed by atoms with van der Waals surface area (Å²) in [6, 6.07) is 0. The fourth-order valence-electron chi connectivity index (χ4n) is 1.12. The Bertz CT molecular complexity index is 359. The van der Waals surface area contributed by atoms with Crippen LogP contribution in [-0.4, -0.2) is 29.3 Å². The average Bonchev–Trinajstić information content (AvgIpc) is 2.77. The first-order valence-electron chi connectivity index (χ1n) is 4.63. The van der Waals surface area contributed by atoms with Crippen molar-refractivity contribution in [2.45, 2.75) is 6.42 Å². The van der Waals surface area contributed by atoms with E-state index in [1.807, 2.05) is 0 Å². The molecule has 1 aromatic heterocycles. The number of nitrogens with one attached hydrogen (secondary N) is 1. The molecule has 1 aliphatic heterocycles. The number of aldehydes is 1. The monoisotopic (exact) mass is 325 g/mol. The van der Waals surface area contributed by atoms with Crippen molar-refractivity contribution in [1.29, 1.82) is 0 Å². The summed E-state index contributed by atoms with van der Waals surface area (Å²) in [6.07, 6.45) is 3.56. The van der Waals surface area contributed by atoms with Crippen molar-refractivity contribution in [3.8, 4) is 0 Å². The summed E-state index contributed by atoms with van der Waals surface area (Å²) in [4.78, 5) is 17.3. The molecule has 1 aliphatic rings. The molecule has 0 radical (unpaired) electrons. The SMILES string of the molecule is Clc1ncc(Br)c(Cl)n1.O=CC1CCNC1. The molecule has 16 heavy (non-hydrogen) atoms. The van der Waals surface area contributed by atoms with E-state index in [0.29, 0.717) is 15.5 Å². The molecule has 0 aromatic carbocycles. The third kappa shape index (κ3) is 4.74. The predicted octanol–water partition coefficient (Wildman–Crippen LogP) is 2.34. The minimum Gasteiger partial charge on any atom is -0.316 e. The van der Waals surface area contributed by atoms with Crippen molar-refractivity contribution in [2.75, 3.05) is 13.1 Å². The van der Waals surface area contributed by atoms with E-state index in [9.17, 15) is 4.79 Å². The fourth-order valence-corrected chi connectivity index (χ4v) is 1.62. The maximum atomic E-state index is 9.97. The minimum absolute atomic E-state index is 0.156. The highest BCUT2D eigenvalue weighted by Gasteiger charge is 2.11. The second kappa shape index (κ2) is 7.17. The largest absolute Gasteiger partial charge is 0.316 e. The molecule has 0 amide bonds. The number of carbonyl (C=O) groups is 1. The molecule has 1 aromatic rings. The van der Waals surface area contributed by atoms with E-state index in [1.165, 1.54) is 6.20 Å². The fraction of sp³-hybridized carbons (Fsp3) is 0.444. The van der Waals surface area contributed by atoms with Gasteiger partial charge in [-0.1, -0.05) is 11.6 Å². The summed E-state index contributed by atoms with van der Waals surface area (Å²) in [5, 5.41) is 3.58. The van der Waals surface area contributed by atoms with Gasteiger partial charge in [0.2, 0.25) is 5.28 Å². The van der Waals surface area contributed by atoms with Gasteiger partial charge < -0.3 is 10.1 Å². The standard InChI is InChI=1S/C5H9NO.C4HBrCl2N2/c7-4-5-1-2-6-3-5;5-2-1-8-4(7)9-3(2)6/h4-6H,1-3H2;1H. The van der Waals surface area contributed by atoms with Gasteiger partial charge in [-0.2, -0.15) is 0 Å². The Labute approximate surface area is 112 Å². The van der Waals surface area contributed by atoms with Crippen LogP contribution in [0.1, 0.15) is 6.42 Å². The number of nitrogens with zero attached hydrogens (tertiary/aromatic N) is 2. The lowest BCUT2D eigenvalue weighted by Crippen LogP contribution is -2.09. The van der Waals surface area contributed by atoms with Gasteiger partial charge >= 0.3 is 0 Å². The summed E-state index contributed by atoms with van der Waals surface area (Å²) in [6.45, 7) is 1.91. The molecule has 0 aliphatic carbocycles. The molecule has 1 N–H and O–H groups in total. The van der Waals surface area contributed by atoms with E-state index >= 15 is 0 Å². The van der Waals surface area contributed by atoms with Crippen LogP contribution in [0.4, 0.5) is 0 Å². The molecular formula is C9H10BrCl2N3O. The van der Waals surface area contributed by atoms with Crippen LogP contribution >= 0.6 is 39.1 Å². The van der Waals surface area contributed by atoms with Crippen LogP contribution in [0, 0.1) is 5.92 Å². The molecule has 2 heterocycles. The first-order valence-corrected chi connectivity index (χ1v) is 6.18. The van der Waals surface area contributed by atoms with E-state index in [1.54, 1.807) is 0 Å². The summed E-state index contributed by atoms with van der Waals surface area (Å²) < 4.78 is 0.647. The molecule has 7 heteroatoms. The Morgan fingerprint density at radius 1 is 1.56 bits per heavy atom. The van der Waals surface area contributed by atoms with Gasteiger partial charge in [0.05, 0.1) is 4.47 Å². The van der Waals surface area contributed by atoms with Gasteiger partial charge in [-0.15, -0.1) is 0 Å². The van der Waals surface area contributed by atoms with Crippen LogP contribution in [-0.2, 0) is 4.79 Å². The van der Waals surface area contributed by atoms with Gasteiger partial charge in [-0.05, 0) is 40.5 Å². The van der Waals surface area contributed by atoms with Crippen molar-refractivity contribution in [3.63, 3.8) is 0 Å². The second-order valence-corrected chi connectivity index (χ2v) is 4.72. The maximum absolute atomic E-state index is 9.97. The lowest BCUT2D eigenvalue weighted by atomic mass is 10.2. The van der Waals surface area contributed by atoms with Gasteiger partial charge in [-0.25, -0.2) is 9.97 Å². The average molecular weight is 327 g/mol. The molecule has 0 spiro atoms. The van der Waals surface area contributed by atoms with Crippen LogP contribution < -0.4 is 5.32 Å². The number of halogens is 3. The van der Waals surface area contributed by atoms with E-state index in [0.717, 1.165) is 25.8 Å². The second-order valence-electron chi connectivity index (χ2n) is 3.17. The minimum atomic E-state index is 0.156. The van der Waals surface area contributed by atoms with Gasteiger partial charge in [0.15, 0.2) is 0 Å². The molecule has 1 atom stereocenters. The summed E-state index contributed by atoms with van der Waals surface area (Å²) >= 11 is 14.0. The molecule has 1 unspecified atom stereocenters. The Kier molecular flexibility index (Phi) is 6.20. The number of hydrogen-bond acceptors (Lipinski definition) is 4. The Morgan fingerprint density at radius 3 is 2.69 bits per heavy atom. The molecule has 0 bridgehead atoms. The van der Waals surface area contributed by atoms with Gasteiger partial charge in [-0.3, -0.25) is 0 Å². The van der Waals surface area contributed by atoms with Crippen LogP contribution in [0.15, 0.2) is 10.7 Å². The van der Waals surface area contributed by atoms with Crippen molar-refractivity contribution in [2.24, 2.45) is 5.92 Å². The van der Waals surface area contributed by atoms with Crippen LogP contribution in [0.5, 0.6) is 0 Å². The Morgan fingerprint density at radius 2 is 2.31 bits per heavy atom. The lowest BCUT2D eigenvalue weighted by Gasteiger charge is -1.91. The third-order valence-corrected chi connectivity index (χ3v) is 3.24. The molecule has 1 fully saturated rings. The van der Waals surface area contributed by atoms with Crippen molar-refractivity contribution in [1.82, 2.24) is 15.3 Å². The highest BCUT2D eigenvalue weighted by atomic mass is 79.9. The quantitative estimate of drug-likeness (QED) is 0.489. The van der Waals surface area contributed by atoms with Crippen molar-refractivity contribution >= 4 is 45.4 Å². The van der Waals surface area contributed by atoms with E-state index in [4.69, 9.17) is 23.2 Å². The predicted molar refractivity (Wildman–Crippen MR) is 66.8 cm³/mol. The Balaban J connectivity index is 0.000000165. The summed E-state index contributed by atoms with van der Waals surface area (Å²) in [5.41, 5.74) is 0. The zero-order valence-corrected chi connectivity index (χ0v) is 11.4. The van der Waals surface area contributed by atoms with Gasteiger partial charge in [0, 0.05) is 18.7 Å². The molecule has 88 valence electrons. The molecule has 2 rings (SSSR count). The highest BCUT2D eigenvalue weighted by Crippen LogP contribution is 2.19. The van der Waals surface area contributed by atoms with Gasteiger partial charge in [0.1, 0.15) is 11.4 Å². The van der Waals surface area contributed by atoms with Crippen LogP contribution in [0.2, 0.25) is 10.4 Å². The van der Waals surface area contributed by atoms with Crippen LogP contribution in [0.25, 0.3) is 0 Å². The smallest absolute Gasteiger partial charge is 0.223 e. The normalized spacial score (nSPS) is 18.8. The van der Waals surface area contributed by atoms with E-state index in [2.05, 4.69) is 31.2 Å². The lowest BCUT2D eigenvalue weighted by molar-refractivity contribution is -0.110. The first kappa shape index (κ1) is 13.8. The summed E-state index contributed by atoms with van der Waals surface area (Å²) in [5.74, 6) is 0.306. The number of rotatable bonds is 1. The van der Waals surface area contributed by atoms with Gasteiger partial charge in [0.25, 0.3) is 0 Å². The van der Waals surface area contributed by atoms with Crippen molar-refractivity contribution < 1.29 is 4.79 Å². The third-order valence-electron chi connectivity index (χ3n) is 1.96. The topological polar surface area (TPSA) is 54.9 Å². The van der Waals surface area contributed by atoms with Crippen molar-refractivity contribution in [3.05, 3.63) is 21.1 Å².